The molecule has 2 saturated heterocycles. The molecule has 0 saturated carbocycles. The number of thioether (sulfide) groups is 1. The number of amides is 1. The second-order valence-corrected chi connectivity index (χ2v) is 9.78. The van der Waals surface area contributed by atoms with Gasteiger partial charge in [0.05, 0.1) is 0 Å². The second-order valence-electron chi connectivity index (χ2n) is 8.90. The van der Waals surface area contributed by atoms with E-state index in [1.54, 1.807) is 0 Å². The topological polar surface area (TPSA) is 35.6 Å². The van der Waals surface area contributed by atoms with Crippen LogP contribution >= 0.6 is 11.8 Å². The van der Waals surface area contributed by atoms with E-state index in [0.717, 1.165) is 30.8 Å². The predicted molar refractivity (Wildman–Crippen MR) is 131 cm³/mol. The minimum absolute atomic E-state index is 0.113. The predicted octanol–water partition coefficient (Wildman–Crippen LogP) is 5.45. The van der Waals surface area contributed by atoms with Gasteiger partial charge in [-0.05, 0) is 94.8 Å². The summed E-state index contributed by atoms with van der Waals surface area (Å²) in [6.07, 6.45) is 6.91. The molecule has 166 valence electrons. The molecule has 0 radical (unpaired) electrons. The molecule has 0 aliphatic carbocycles. The lowest BCUT2D eigenvalue weighted by molar-refractivity contribution is 0.0730. The largest absolute Gasteiger partial charge is 0.382 e. The number of benzene rings is 2. The van der Waals surface area contributed by atoms with Gasteiger partial charge in [0.1, 0.15) is 0 Å². The number of carbonyl (C=O) groups excluding carboxylic acids is 1. The summed E-state index contributed by atoms with van der Waals surface area (Å²) < 4.78 is 0. The smallest absolute Gasteiger partial charge is 0.253 e. The quantitative estimate of drug-likeness (QED) is 0.584. The molecular weight excluding hydrogens is 402 g/mol. The molecule has 0 aromatic heterocycles. The fourth-order valence-electron chi connectivity index (χ4n) is 5.59. The Balaban J connectivity index is 1.51. The van der Waals surface area contributed by atoms with Gasteiger partial charge in [0.25, 0.3) is 5.91 Å². The Kier molecular flexibility index (Phi) is 6.63. The molecular formula is C26H35N3OS. The third kappa shape index (κ3) is 4.22. The zero-order chi connectivity index (χ0) is 22.0. The molecule has 4 rings (SSSR count). The Morgan fingerprint density at radius 2 is 1.94 bits per heavy atom. The normalized spacial score (nSPS) is 25.4. The van der Waals surface area contributed by atoms with Gasteiger partial charge in [-0.15, -0.1) is 11.8 Å². The Hall–Kier alpha value is -1.98. The van der Waals surface area contributed by atoms with Crippen molar-refractivity contribution in [3.05, 3.63) is 59.7 Å². The van der Waals surface area contributed by atoms with Crippen LogP contribution in [0.2, 0.25) is 0 Å². The van der Waals surface area contributed by atoms with Crippen LogP contribution in [0, 0.1) is 0 Å². The van der Waals surface area contributed by atoms with Gasteiger partial charge in [-0.25, -0.2) is 0 Å². The van der Waals surface area contributed by atoms with Crippen molar-refractivity contribution in [1.29, 1.82) is 0 Å². The van der Waals surface area contributed by atoms with Crippen molar-refractivity contribution in [1.82, 2.24) is 9.80 Å². The lowest BCUT2D eigenvalue weighted by Crippen LogP contribution is -2.51. The Labute approximate surface area is 191 Å². The monoisotopic (exact) mass is 437 g/mol. The summed E-state index contributed by atoms with van der Waals surface area (Å²) in [7, 11) is 2.31. The first-order chi connectivity index (χ1) is 15.0. The highest BCUT2D eigenvalue weighted by atomic mass is 32.2. The van der Waals surface area contributed by atoms with Crippen molar-refractivity contribution in [2.24, 2.45) is 0 Å². The maximum atomic E-state index is 12.6. The lowest BCUT2D eigenvalue weighted by Gasteiger charge is -2.47. The summed E-state index contributed by atoms with van der Waals surface area (Å²) in [5, 5.41) is 3.79. The van der Waals surface area contributed by atoms with Gasteiger partial charge >= 0.3 is 0 Å². The number of nitrogens with one attached hydrogen (secondary N) is 1. The number of fused-ring (bicyclic) bond motifs is 2. The minimum Gasteiger partial charge on any atom is -0.382 e. The van der Waals surface area contributed by atoms with E-state index < -0.39 is 0 Å². The molecule has 31 heavy (non-hydrogen) atoms. The average Bonchev–Trinajstić information content (AvgIpc) is 2.98. The van der Waals surface area contributed by atoms with E-state index in [-0.39, 0.29) is 11.4 Å². The Morgan fingerprint density at radius 1 is 1.19 bits per heavy atom. The van der Waals surface area contributed by atoms with Crippen LogP contribution in [0.3, 0.4) is 0 Å². The van der Waals surface area contributed by atoms with Gasteiger partial charge in [0.2, 0.25) is 0 Å². The number of nitrogens with zero attached hydrogens (tertiary/aromatic N) is 2. The third-order valence-electron chi connectivity index (χ3n) is 7.42. The number of rotatable bonds is 7. The van der Waals surface area contributed by atoms with Crippen LogP contribution in [-0.4, -0.2) is 54.2 Å². The summed E-state index contributed by atoms with van der Waals surface area (Å²) in [6, 6.07) is 18.2. The molecule has 2 fully saturated rings. The van der Waals surface area contributed by atoms with Gasteiger partial charge < -0.3 is 10.2 Å². The lowest BCUT2D eigenvalue weighted by atomic mass is 9.80. The van der Waals surface area contributed by atoms with E-state index in [1.807, 2.05) is 42.6 Å². The van der Waals surface area contributed by atoms with Crippen molar-refractivity contribution in [2.45, 2.75) is 62.0 Å². The molecule has 1 N–H and O–H groups in total. The summed E-state index contributed by atoms with van der Waals surface area (Å²) in [4.78, 5) is 18.4. The third-order valence-corrected chi connectivity index (χ3v) is 8.14. The molecule has 3 unspecified atom stereocenters. The number of piperidine rings is 1. The van der Waals surface area contributed by atoms with Crippen LogP contribution in [0.1, 0.15) is 55.5 Å². The minimum atomic E-state index is 0.113. The zero-order valence-corrected chi connectivity index (χ0v) is 20.0. The molecule has 2 aromatic carbocycles. The van der Waals surface area contributed by atoms with Gasteiger partial charge in [-0.3, -0.25) is 9.69 Å². The molecule has 2 aromatic rings. The molecule has 1 amide bonds. The van der Waals surface area contributed by atoms with E-state index in [2.05, 4.69) is 59.9 Å². The highest BCUT2D eigenvalue weighted by molar-refractivity contribution is 7.98. The van der Waals surface area contributed by atoms with Crippen molar-refractivity contribution < 1.29 is 4.79 Å². The molecule has 0 spiro atoms. The Bertz CT molecular complexity index is 911. The number of hydrogen-bond acceptors (Lipinski definition) is 4. The van der Waals surface area contributed by atoms with Crippen molar-refractivity contribution in [3.63, 3.8) is 0 Å². The average molecular weight is 438 g/mol. The van der Waals surface area contributed by atoms with E-state index in [4.69, 9.17) is 0 Å². The first-order valence-corrected chi connectivity index (χ1v) is 12.8. The standard InChI is InChI=1S/C26H35N3OS/c1-5-29(6-2)25(30)19-10-12-21(13-11-19)27-22-17-23-14-15-26(18-22,28(23)3)20-8-7-9-24(16-20)31-4/h7-13,16,22-23,27H,5-6,14-15,17-18H2,1-4H3. The molecule has 2 aliphatic heterocycles. The SMILES string of the molecule is CCN(CC)C(=O)c1ccc(NC2CC3CCC(c4cccc(SC)c4)(C2)N3C)cc1. The number of carbonyl (C=O) groups is 1. The van der Waals surface area contributed by atoms with Crippen LogP contribution in [0.4, 0.5) is 5.69 Å². The van der Waals surface area contributed by atoms with Crippen LogP contribution in [-0.2, 0) is 5.54 Å². The molecule has 2 aliphatic rings. The number of anilines is 1. The van der Waals surface area contributed by atoms with E-state index in [9.17, 15) is 4.79 Å². The molecule has 2 heterocycles. The fourth-order valence-corrected chi connectivity index (χ4v) is 6.05. The fraction of sp³-hybridized carbons (Fsp3) is 0.500. The molecule has 2 bridgehead atoms. The summed E-state index contributed by atoms with van der Waals surface area (Å²) >= 11 is 1.82. The van der Waals surface area contributed by atoms with Crippen LogP contribution in [0.15, 0.2) is 53.4 Å². The van der Waals surface area contributed by atoms with E-state index in [1.165, 1.54) is 29.7 Å². The van der Waals surface area contributed by atoms with Crippen LogP contribution in [0.5, 0.6) is 0 Å². The van der Waals surface area contributed by atoms with Gasteiger partial charge in [0, 0.05) is 46.9 Å². The highest BCUT2D eigenvalue weighted by Crippen LogP contribution is 2.50. The maximum absolute atomic E-state index is 12.6. The highest BCUT2D eigenvalue weighted by Gasteiger charge is 2.50. The summed E-state index contributed by atoms with van der Waals surface area (Å²) in [5.74, 6) is 0.113. The molecule has 3 atom stereocenters. The molecule has 5 heteroatoms. The first kappa shape index (κ1) is 22.2. The summed E-state index contributed by atoms with van der Waals surface area (Å²) in [5.41, 5.74) is 3.45. The Morgan fingerprint density at radius 3 is 2.61 bits per heavy atom. The van der Waals surface area contributed by atoms with Gasteiger partial charge in [-0.2, -0.15) is 0 Å². The van der Waals surface area contributed by atoms with Crippen molar-refractivity contribution >= 4 is 23.4 Å². The molecule has 4 nitrogen and oxygen atoms in total. The van der Waals surface area contributed by atoms with Crippen LogP contribution in [0.25, 0.3) is 0 Å². The maximum Gasteiger partial charge on any atom is 0.253 e. The van der Waals surface area contributed by atoms with Gasteiger partial charge in [-0.1, -0.05) is 12.1 Å². The summed E-state index contributed by atoms with van der Waals surface area (Å²) in [6.45, 7) is 5.53. The van der Waals surface area contributed by atoms with Gasteiger partial charge in [0.15, 0.2) is 0 Å². The van der Waals surface area contributed by atoms with Crippen LogP contribution < -0.4 is 5.32 Å². The first-order valence-electron chi connectivity index (χ1n) is 11.5. The van der Waals surface area contributed by atoms with Crippen molar-refractivity contribution in [2.75, 3.05) is 31.7 Å². The second kappa shape index (κ2) is 9.25. The van der Waals surface area contributed by atoms with E-state index >= 15 is 0 Å². The van der Waals surface area contributed by atoms with E-state index in [0.29, 0.717) is 12.1 Å². The zero-order valence-electron chi connectivity index (χ0n) is 19.2. The number of hydrogen-bond donors (Lipinski definition) is 1. The van der Waals surface area contributed by atoms with Crippen molar-refractivity contribution in [3.8, 4) is 0 Å².